The second kappa shape index (κ2) is 7.04. The molecule has 0 saturated carbocycles. The van der Waals surface area contributed by atoms with Crippen molar-refractivity contribution in [1.82, 2.24) is 9.97 Å². The Hall–Kier alpha value is -3.69. The largest absolute Gasteiger partial charge is 0.497 e. The first-order chi connectivity index (χ1) is 13.8. The number of hydrogen-bond acceptors (Lipinski definition) is 7. The third-order valence-corrected chi connectivity index (χ3v) is 4.21. The van der Waals surface area contributed by atoms with Crippen LogP contribution >= 0.6 is 0 Å². The number of methoxy groups -OCH3 is 1. The van der Waals surface area contributed by atoms with Gasteiger partial charge in [0.25, 0.3) is 0 Å². The summed E-state index contributed by atoms with van der Waals surface area (Å²) in [7, 11) is 1.49. The van der Waals surface area contributed by atoms with Gasteiger partial charge in [0.1, 0.15) is 17.1 Å². The highest BCUT2D eigenvalue weighted by Gasteiger charge is 2.39. The van der Waals surface area contributed by atoms with Crippen molar-refractivity contribution in [3.05, 3.63) is 48.0 Å². The SMILES string of the molecule is COc1ccc(Nc2nc(N)nc(-c3ccc4c(c3)OCO4)c2C(F)(F)F)cc1. The third kappa shape index (κ3) is 3.68. The van der Waals surface area contributed by atoms with E-state index in [0.29, 0.717) is 22.9 Å². The van der Waals surface area contributed by atoms with E-state index >= 15 is 0 Å². The normalized spacial score (nSPS) is 12.7. The van der Waals surface area contributed by atoms with Crippen molar-refractivity contribution in [3.63, 3.8) is 0 Å². The van der Waals surface area contributed by atoms with Gasteiger partial charge in [-0.15, -0.1) is 0 Å². The second-order valence-corrected chi connectivity index (χ2v) is 6.07. The standard InChI is InChI=1S/C19H15F3N4O3/c1-27-12-5-3-11(4-6-12)24-17-15(19(20,21)22)16(25-18(23)26-17)10-2-7-13-14(8-10)29-9-28-13/h2-8H,9H2,1H3,(H3,23,24,25,26). The van der Waals surface area contributed by atoms with Crippen LogP contribution in [0, 0.1) is 0 Å². The number of rotatable bonds is 4. The molecule has 0 bridgehead atoms. The Morgan fingerprint density at radius 2 is 1.76 bits per heavy atom. The van der Waals surface area contributed by atoms with Gasteiger partial charge in [0.2, 0.25) is 12.7 Å². The number of halogens is 3. The average Bonchev–Trinajstić information content (AvgIpc) is 3.15. The lowest BCUT2D eigenvalue weighted by Crippen LogP contribution is -2.15. The van der Waals surface area contributed by atoms with Crippen LogP contribution in [-0.2, 0) is 6.18 Å². The van der Waals surface area contributed by atoms with Crippen molar-refractivity contribution in [2.24, 2.45) is 0 Å². The molecule has 7 nitrogen and oxygen atoms in total. The summed E-state index contributed by atoms with van der Waals surface area (Å²) >= 11 is 0. The van der Waals surface area contributed by atoms with E-state index in [1.54, 1.807) is 24.3 Å². The first-order valence-electron chi connectivity index (χ1n) is 8.41. The molecule has 1 aliphatic heterocycles. The van der Waals surface area contributed by atoms with Gasteiger partial charge in [-0.25, -0.2) is 4.98 Å². The number of nitrogen functional groups attached to an aromatic ring is 1. The van der Waals surface area contributed by atoms with Crippen LogP contribution in [0.4, 0.5) is 30.6 Å². The molecule has 3 N–H and O–H groups in total. The molecule has 2 aromatic carbocycles. The van der Waals surface area contributed by atoms with E-state index in [-0.39, 0.29) is 24.0 Å². The second-order valence-electron chi connectivity index (χ2n) is 6.07. The Bertz CT molecular complexity index is 1060. The Morgan fingerprint density at radius 1 is 1.03 bits per heavy atom. The molecular weight excluding hydrogens is 389 g/mol. The Kier molecular flexibility index (Phi) is 4.53. The lowest BCUT2D eigenvalue weighted by Gasteiger charge is -2.18. The van der Waals surface area contributed by atoms with Crippen molar-refractivity contribution in [1.29, 1.82) is 0 Å². The third-order valence-electron chi connectivity index (χ3n) is 4.21. The maximum absolute atomic E-state index is 14.0. The van der Waals surface area contributed by atoms with Gasteiger partial charge < -0.3 is 25.3 Å². The summed E-state index contributed by atoms with van der Waals surface area (Å²) in [5, 5.41) is 2.67. The monoisotopic (exact) mass is 404 g/mol. The van der Waals surface area contributed by atoms with Crippen LogP contribution in [0.25, 0.3) is 11.3 Å². The summed E-state index contributed by atoms with van der Waals surface area (Å²) in [5.74, 6) is 0.581. The predicted molar refractivity (Wildman–Crippen MR) is 99.3 cm³/mol. The van der Waals surface area contributed by atoms with Crippen molar-refractivity contribution >= 4 is 17.5 Å². The van der Waals surface area contributed by atoms with Crippen molar-refractivity contribution < 1.29 is 27.4 Å². The molecule has 150 valence electrons. The van der Waals surface area contributed by atoms with Gasteiger partial charge in [0.15, 0.2) is 11.5 Å². The highest BCUT2D eigenvalue weighted by molar-refractivity contribution is 5.75. The lowest BCUT2D eigenvalue weighted by molar-refractivity contribution is -0.136. The Morgan fingerprint density at radius 3 is 2.45 bits per heavy atom. The molecule has 29 heavy (non-hydrogen) atoms. The van der Waals surface area contributed by atoms with E-state index in [4.69, 9.17) is 19.9 Å². The topological polar surface area (TPSA) is 91.5 Å². The quantitative estimate of drug-likeness (QED) is 0.673. The molecule has 0 fully saturated rings. The van der Waals surface area contributed by atoms with Crippen LogP contribution in [0.2, 0.25) is 0 Å². The fourth-order valence-corrected chi connectivity index (χ4v) is 2.90. The van der Waals surface area contributed by atoms with Gasteiger partial charge in [-0.1, -0.05) is 0 Å². The van der Waals surface area contributed by atoms with E-state index in [1.807, 2.05) is 0 Å². The fraction of sp³-hybridized carbons (Fsp3) is 0.158. The van der Waals surface area contributed by atoms with Crippen LogP contribution in [-0.4, -0.2) is 23.9 Å². The van der Waals surface area contributed by atoms with E-state index in [9.17, 15) is 13.2 Å². The van der Waals surface area contributed by atoms with E-state index in [0.717, 1.165) is 0 Å². The Labute approximate surface area is 163 Å². The zero-order valence-corrected chi connectivity index (χ0v) is 15.1. The number of nitrogens with one attached hydrogen (secondary N) is 1. The predicted octanol–water partition coefficient (Wildman–Crippen LogP) is 4.23. The summed E-state index contributed by atoms with van der Waals surface area (Å²) in [6.45, 7) is 0.00109. The van der Waals surface area contributed by atoms with Crippen LogP contribution in [0.3, 0.4) is 0 Å². The first kappa shape index (κ1) is 18.7. The van der Waals surface area contributed by atoms with Crippen LogP contribution in [0.5, 0.6) is 17.2 Å². The molecule has 3 aromatic rings. The Balaban J connectivity index is 1.83. The minimum absolute atomic E-state index is 0.00109. The number of alkyl halides is 3. The number of fused-ring (bicyclic) bond motifs is 1. The molecule has 0 aliphatic carbocycles. The number of aromatic nitrogens is 2. The molecule has 0 saturated heterocycles. The molecular formula is C19H15F3N4O3. The maximum atomic E-state index is 14.0. The highest BCUT2D eigenvalue weighted by atomic mass is 19.4. The van der Waals surface area contributed by atoms with Gasteiger partial charge >= 0.3 is 6.18 Å². The van der Waals surface area contributed by atoms with Crippen molar-refractivity contribution in [2.75, 3.05) is 25.0 Å². The summed E-state index contributed by atoms with van der Waals surface area (Å²) < 4.78 is 57.5. The minimum atomic E-state index is -4.74. The summed E-state index contributed by atoms with van der Waals surface area (Å²) in [6, 6.07) is 10.8. The van der Waals surface area contributed by atoms with Crippen molar-refractivity contribution in [3.8, 4) is 28.5 Å². The molecule has 4 rings (SSSR count). The number of anilines is 3. The van der Waals surface area contributed by atoms with Crippen LogP contribution < -0.4 is 25.3 Å². The zero-order valence-electron chi connectivity index (χ0n) is 15.1. The minimum Gasteiger partial charge on any atom is -0.497 e. The zero-order chi connectivity index (χ0) is 20.6. The summed E-state index contributed by atoms with van der Waals surface area (Å²) in [5.41, 5.74) is 4.87. The molecule has 0 spiro atoms. The fourth-order valence-electron chi connectivity index (χ4n) is 2.90. The van der Waals surface area contributed by atoms with E-state index in [2.05, 4.69) is 15.3 Å². The summed E-state index contributed by atoms with van der Waals surface area (Å²) in [4.78, 5) is 7.64. The van der Waals surface area contributed by atoms with E-state index < -0.39 is 17.6 Å². The van der Waals surface area contributed by atoms with Crippen LogP contribution in [0.15, 0.2) is 42.5 Å². The molecule has 1 aliphatic rings. The van der Waals surface area contributed by atoms with Crippen LogP contribution in [0.1, 0.15) is 5.56 Å². The smallest absolute Gasteiger partial charge is 0.422 e. The maximum Gasteiger partial charge on any atom is 0.422 e. The van der Waals surface area contributed by atoms with E-state index in [1.165, 1.54) is 25.3 Å². The molecule has 0 radical (unpaired) electrons. The molecule has 0 amide bonds. The molecule has 0 unspecified atom stereocenters. The molecule has 10 heteroatoms. The number of nitrogens with two attached hydrogens (primary N) is 1. The first-order valence-corrected chi connectivity index (χ1v) is 8.41. The number of ether oxygens (including phenoxy) is 3. The van der Waals surface area contributed by atoms with Gasteiger partial charge in [-0.05, 0) is 42.5 Å². The summed E-state index contributed by atoms with van der Waals surface area (Å²) in [6.07, 6.45) is -4.74. The van der Waals surface area contributed by atoms with Gasteiger partial charge in [-0.3, -0.25) is 0 Å². The lowest BCUT2D eigenvalue weighted by atomic mass is 10.0. The highest BCUT2D eigenvalue weighted by Crippen LogP contribution is 2.43. The number of benzene rings is 2. The van der Waals surface area contributed by atoms with Gasteiger partial charge in [0.05, 0.1) is 12.8 Å². The van der Waals surface area contributed by atoms with Gasteiger partial charge in [0, 0.05) is 11.3 Å². The average molecular weight is 404 g/mol. The molecule has 0 atom stereocenters. The molecule has 2 heterocycles. The number of hydrogen-bond donors (Lipinski definition) is 2. The number of nitrogens with zero attached hydrogens (tertiary/aromatic N) is 2. The van der Waals surface area contributed by atoms with Gasteiger partial charge in [-0.2, -0.15) is 18.2 Å². The van der Waals surface area contributed by atoms with Crippen molar-refractivity contribution in [2.45, 2.75) is 6.18 Å². The molecule has 1 aromatic heterocycles.